The average molecular weight is 329 g/mol. The molecule has 2 aromatic carbocycles. The molecule has 6 heteroatoms. The molecule has 0 bridgehead atoms. The zero-order valence-electron chi connectivity index (χ0n) is 12.3. The van der Waals surface area contributed by atoms with Gasteiger partial charge < -0.3 is 4.74 Å². The van der Waals surface area contributed by atoms with Crippen LogP contribution in [0.3, 0.4) is 0 Å². The maximum Gasteiger partial charge on any atom is 0.293 e. The highest BCUT2D eigenvalue weighted by Crippen LogP contribution is 2.27. The number of thioether (sulfide) groups is 1. The van der Waals surface area contributed by atoms with Gasteiger partial charge in [-0.1, -0.05) is 60.3 Å². The first-order valence-electron chi connectivity index (χ1n) is 7.11. The normalized spacial score (nSPS) is 18.3. The SMILES string of the molecule is O=C1COC(Sc2ccccc2)C(=O)N1OCc1ccccc1. The molecule has 118 valence electrons. The number of imide groups is 1. The fraction of sp³-hybridized carbons (Fsp3) is 0.176. The Labute approximate surface area is 138 Å². The highest BCUT2D eigenvalue weighted by atomic mass is 32.2. The molecule has 1 aliphatic rings. The van der Waals surface area contributed by atoms with Gasteiger partial charge in [-0.2, -0.15) is 0 Å². The number of carbonyl (C=O) groups is 2. The summed E-state index contributed by atoms with van der Waals surface area (Å²) < 4.78 is 5.33. The van der Waals surface area contributed by atoms with Crippen LogP contribution in [0.1, 0.15) is 5.56 Å². The molecule has 1 heterocycles. The van der Waals surface area contributed by atoms with Crippen molar-refractivity contribution in [2.75, 3.05) is 6.61 Å². The Hall–Kier alpha value is -2.15. The monoisotopic (exact) mass is 329 g/mol. The number of hydrogen-bond donors (Lipinski definition) is 0. The first kappa shape index (κ1) is 15.7. The fourth-order valence-electron chi connectivity index (χ4n) is 2.05. The molecule has 0 aromatic heterocycles. The summed E-state index contributed by atoms with van der Waals surface area (Å²) in [6.07, 6.45) is 0. The van der Waals surface area contributed by atoms with Gasteiger partial charge in [0.1, 0.15) is 13.2 Å². The van der Waals surface area contributed by atoms with Crippen molar-refractivity contribution in [3.63, 3.8) is 0 Å². The number of amides is 2. The topological polar surface area (TPSA) is 55.8 Å². The van der Waals surface area contributed by atoms with Crippen molar-refractivity contribution in [1.29, 1.82) is 0 Å². The molecular formula is C17H15NO4S. The Morgan fingerprint density at radius 1 is 1.04 bits per heavy atom. The minimum Gasteiger partial charge on any atom is -0.347 e. The summed E-state index contributed by atoms with van der Waals surface area (Å²) in [6.45, 7) is -0.0218. The van der Waals surface area contributed by atoms with Gasteiger partial charge in [0.05, 0.1) is 0 Å². The van der Waals surface area contributed by atoms with Gasteiger partial charge in [-0.15, -0.1) is 5.06 Å². The number of nitrogens with zero attached hydrogens (tertiary/aromatic N) is 1. The van der Waals surface area contributed by atoms with E-state index in [9.17, 15) is 9.59 Å². The molecule has 23 heavy (non-hydrogen) atoms. The van der Waals surface area contributed by atoms with Gasteiger partial charge in [-0.3, -0.25) is 14.4 Å². The van der Waals surface area contributed by atoms with Crippen molar-refractivity contribution in [2.45, 2.75) is 16.9 Å². The minimum atomic E-state index is -0.786. The fourth-order valence-corrected chi connectivity index (χ4v) is 2.95. The lowest BCUT2D eigenvalue weighted by molar-refractivity contribution is -0.215. The molecule has 0 saturated carbocycles. The maximum atomic E-state index is 12.4. The molecule has 5 nitrogen and oxygen atoms in total. The summed E-state index contributed by atoms with van der Waals surface area (Å²) in [5, 5.41) is 0.817. The molecule has 2 aromatic rings. The van der Waals surface area contributed by atoms with Crippen LogP contribution >= 0.6 is 11.8 Å². The van der Waals surface area contributed by atoms with Crippen LogP contribution in [0.15, 0.2) is 65.6 Å². The Balaban J connectivity index is 1.64. The molecule has 3 rings (SSSR count). The van der Waals surface area contributed by atoms with Crippen molar-refractivity contribution < 1.29 is 19.2 Å². The van der Waals surface area contributed by atoms with E-state index in [0.29, 0.717) is 0 Å². The quantitative estimate of drug-likeness (QED) is 0.789. The first-order valence-corrected chi connectivity index (χ1v) is 7.99. The summed E-state index contributed by atoms with van der Waals surface area (Å²) in [5.41, 5.74) is 0.0951. The van der Waals surface area contributed by atoms with E-state index in [1.54, 1.807) is 0 Å². The molecule has 1 atom stereocenters. The van der Waals surface area contributed by atoms with Crippen LogP contribution < -0.4 is 0 Å². The van der Waals surface area contributed by atoms with Crippen LogP contribution in [0.4, 0.5) is 0 Å². The molecule has 1 aliphatic heterocycles. The third-order valence-corrected chi connectivity index (χ3v) is 4.27. The van der Waals surface area contributed by atoms with E-state index in [1.165, 1.54) is 11.8 Å². The number of morpholine rings is 1. The second-order valence-corrected chi connectivity index (χ2v) is 5.99. The van der Waals surface area contributed by atoms with Crippen LogP contribution in [-0.2, 0) is 25.8 Å². The summed E-state index contributed by atoms with van der Waals surface area (Å²) in [5.74, 6) is -0.984. The Morgan fingerprint density at radius 2 is 1.70 bits per heavy atom. The molecular weight excluding hydrogens is 314 g/mol. The number of carbonyl (C=O) groups excluding carboxylic acids is 2. The van der Waals surface area contributed by atoms with E-state index in [2.05, 4.69) is 0 Å². The number of ether oxygens (including phenoxy) is 1. The van der Waals surface area contributed by atoms with Gasteiger partial charge in [0, 0.05) is 4.90 Å². The summed E-state index contributed by atoms with van der Waals surface area (Å²) >= 11 is 1.25. The Bertz CT molecular complexity index is 678. The first-order chi connectivity index (χ1) is 11.2. The third kappa shape index (κ3) is 3.98. The van der Waals surface area contributed by atoms with Gasteiger partial charge in [0.25, 0.3) is 11.8 Å². The van der Waals surface area contributed by atoms with E-state index in [4.69, 9.17) is 9.57 Å². The lowest BCUT2D eigenvalue weighted by Crippen LogP contribution is -2.49. The number of hydrogen-bond acceptors (Lipinski definition) is 5. The van der Waals surface area contributed by atoms with Gasteiger partial charge in [0.2, 0.25) is 0 Å². The number of hydroxylamine groups is 2. The van der Waals surface area contributed by atoms with Gasteiger partial charge in [0.15, 0.2) is 5.44 Å². The number of benzene rings is 2. The lowest BCUT2D eigenvalue weighted by atomic mass is 10.2. The predicted octanol–water partition coefficient (Wildman–Crippen LogP) is 2.62. The van der Waals surface area contributed by atoms with Crippen LogP contribution in [0.5, 0.6) is 0 Å². The van der Waals surface area contributed by atoms with Crippen molar-refractivity contribution >= 4 is 23.6 Å². The second kappa shape index (κ2) is 7.41. The van der Waals surface area contributed by atoms with Crippen molar-refractivity contribution in [2.24, 2.45) is 0 Å². The summed E-state index contributed by atoms with van der Waals surface area (Å²) in [4.78, 5) is 30.6. The van der Waals surface area contributed by atoms with E-state index in [0.717, 1.165) is 15.5 Å². The van der Waals surface area contributed by atoms with Gasteiger partial charge in [-0.25, -0.2) is 0 Å². The van der Waals surface area contributed by atoms with Crippen molar-refractivity contribution in [1.82, 2.24) is 5.06 Å². The van der Waals surface area contributed by atoms with Gasteiger partial charge in [-0.05, 0) is 17.7 Å². The second-order valence-electron chi connectivity index (χ2n) is 4.86. The molecule has 0 N–H and O–H groups in total. The standard InChI is InChI=1S/C17H15NO4S/c19-15-12-21-17(23-14-9-5-2-6-10-14)16(20)18(15)22-11-13-7-3-1-4-8-13/h1-10,17H,11-12H2. The Morgan fingerprint density at radius 3 is 2.39 bits per heavy atom. The molecule has 1 fully saturated rings. The maximum absolute atomic E-state index is 12.4. The summed E-state index contributed by atoms with van der Waals surface area (Å²) in [6, 6.07) is 18.8. The molecule has 0 aliphatic carbocycles. The Kier molecular flexibility index (Phi) is 5.07. The largest absolute Gasteiger partial charge is 0.347 e. The minimum absolute atomic E-state index is 0.154. The smallest absolute Gasteiger partial charge is 0.293 e. The van der Waals surface area contributed by atoms with Crippen molar-refractivity contribution in [3.8, 4) is 0 Å². The van der Waals surface area contributed by atoms with Crippen LogP contribution in [0.25, 0.3) is 0 Å². The van der Waals surface area contributed by atoms with E-state index >= 15 is 0 Å². The molecule has 1 saturated heterocycles. The van der Waals surface area contributed by atoms with Crippen LogP contribution in [-0.4, -0.2) is 28.9 Å². The van der Waals surface area contributed by atoms with Crippen LogP contribution in [0.2, 0.25) is 0 Å². The zero-order chi connectivity index (χ0) is 16.1. The summed E-state index contributed by atoms with van der Waals surface area (Å²) in [7, 11) is 0. The molecule has 2 amide bonds. The lowest BCUT2D eigenvalue weighted by Gasteiger charge is -2.29. The zero-order valence-corrected chi connectivity index (χ0v) is 13.1. The predicted molar refractivity (Wildman–Crippen MR) is 85.1 cm³/mol. The highest BCUT2D eigenvalue weighted by molar-refractivity contribution is 8.00. The van der Waals surface area contributed by atoms with E-state index in [1.807, 2.05) is 60.7 Å². The van der Waals surface area contributed by atoms with Crippen molar-refractivity contribution in [3.05, 3.63) is 66.2 Å². The highest BCUT2D eigenvalue weighted by Gasteiger charge is 2.37. The molecule has 0 spiro atoms. The van der Waals surface area contributed by atoms with E-state index in [-0.39, 0.29) is 13.2 Å². The molecule has 0 radical (unpaired) electrons. The van der Waals surface area contributed by atoms with Gasteiger partial charge >= 0.3 is 0 Å². The van der Waals surface area contributed by atoms with E-state index < -0.39 is 17.3 Å². The number of rotatable bonds is 5. The molecule has 1 unspecified atom stereocenters. The third-order valence-electron chi connectivity index (χ3n) is 3.18. The average Bonchev–Trinajstić information content (AvgIpc) is 2.59. The van der Waals surface area contributed by atoms with Crippen LogP contribution in [0, 0.1) is 0 Å².